The topological polar surface area (TPSA) is 93.1 Å². The first-order valence-corrected chi connectivity index (χ1v) is 14.5. The molecule has 0 aliphatic carbocycles. The Morgan fingerprint density at radius 1 is 1.00 bits per heavy atom. The minimum absolute atomic E-state index is 0.0960. The summed E-state index contributed by atoms with van der Waals surface area (Å²) in [6.45, 7) is 10.1. The zero-order chi connectivity index (χ0) is 28.7. The minimum atomic E-state index is -0.483. The fourth-order valence-electron chi connectivity index (χ4n) is 4.55. The number of aromatic nitrogens is 1. The summed E-state index contributed by atoms with van der Waals surface area (Å²) in [5.41, 5.74) is 2.34. The lowest BCUT2D eigenvalue weighted by Crippen LogP contribution is -2.50. The van der Waals surface area contributed by atoms with Crippen LogP contribution in [0, 0.1) is 0 Å². The van der Waals surface area contributed by atoms with Crippen LogP contribution in [0.1, 0.15) is 44.0 Å². The zero-order valence-corrected chi connectivity index (χ0v) is 24.5. The van der Waals surface area contributed by atoms with E-state index in [1.807, 2.05) is 68.6 Å². The highest BCUT2D eigenvalue weighted by Crippen LogP contribution is 2.25. The standard InChI is InChI=1S/C30H38N4O5S/c1-30(2,3)39-28(36)33-18-16-32(17-19-33)15-6-5-14-31-27(35)23-9-7-8-22(20-23)26-21-40-29(37)34(26)24-10-12-25(38-4)13-11-24/h7-13,20-21H,5-6,14-19H2,1-4H3,(H,31,35). The van der Waals surface area contributed by atoms with Gasteiger partial charge >= 0.3 is 11.0 Å². The highest BCUT2D eigenvalue weighted by Gasteiger charge is 2.25. The number of ether oxygens (including phenoxy) is 2. The van der Waals surface area contributed by atoms with Gasteiger partial charge in [0.15, 0.2) is 0 Å². The SMILES string of the molecule is COc1ccc(-n2c(-c3cccc(C(=O)NCCCCN4CCN(C(=O)OC(C)(C)C)CC4)c3)csc2=O)cc1. The lowest BCUT2D eigenvalue weighted by Gasteiger charge is -2.35. The van der Waals surface area contributed by atoms with Crippen molar-refractivity contribution >= 4 is 23.3 Å². The number of carbonyl (C=O) groups is 2. The number of benzene rings is 2. The predicted octanol–water partition coefficient (Wildman–Crippen LogP) is 4.64. The van der Waals surface area contributed by atoms with Gasteiger partial charge < -0.3 is 19.7 Å². The first kappa shape index (κ1) is 29.4. The first-order chi connectivity index (χ1) is 19.1. The van der Waals surface area contributed by atoms with Crippen LogP contribution in [0.5, 0.6) is 5.75 Å². The van der Waals surface area contributed by atoms with E-state index in [1.54, 1.807) is 22.6 Å². The maximum absolute atomic E-state index is 12.9. The van der Waals surface area contributed by atoms with Crippen LogP contribution in [0.15, 0.2) is 58.7 Å². The maximum atomic E-state index is 12.9. The summed E-state index contributed by atoms with van der Waals surface area (Å²) in [4.78, 5) is 41.8. The fraction of sp³-hybridized carbons (Fsp3) is 0.433. The summed E-state index contributed by atoms with van der Waals surface area (Å²) in [6.07, 6.45) is 1.57. The van der Waals surface area contributed by atoms with Crippen molar-refractivity contribution in [3.8, 4) is 22.7 Å². The van der Waals surface area contributed by atoms with Gasteiger partial charge in [0.1, 0.15) is 11.4 Å². The molecular weight excluding hydrogens is 528 g/mol. The number of thiazole rings is 1. The molecule has 0 atom stereocenters. The Bertz CT molecular complexity index is 1350. The molecule has 0 bridgehead atoms. The lowest BCUT2D eigenvalue weighted by atomic mass is 10.1. The Labute approximate surface area is 239 Å². The summed E-state index contributed by atoms with van der Waals surface area (Å²) in [5.74, 6) is 0.578. The molecule has 1 fully saturated rings. The lowest BCUT2D eigenvalue weighted by molar-refractivity contribution is 0.0144. The van der Waals surface area contributed by atoms with Crippen molar-refractivity contribution in [2.75, 3.05) is 46.4 Å². The number of hydrogen-bond donors (Lipinski definition) is 1. The van der Waals surface area contributed by atoms with E-state index in [4.69, 9.17) is 9.47 Å². The average molecular weight is 567 g/mol. The van der Waals surface area contributed by atoms with Crippen LogP contribution in [0.4, 0.5) is 4.79 Å². The molecule has 214 valence electrons. The van der Waals surface area contributed by atoms with E-state index in [0.717, 1.165) is 60.8 Å². The van der Waals surface area contributed by atoms with E-state index in [0.29, 0.717) is 30.9 Å². The van der Waals surface area contributed by atoms with E-state index in [2.05, 4.69) is 10.2 Å². The second kappa shape index (κ2) is 13.1. The molecule has 3 aromatic rings. The number of piperazine rings is 1. The number of carbonyl (C=O) groups excluding carboxylic acids is 2. The van der Waals surface area contributed by atoms with Crippen LogP contribution in [-0.4, -0.2) is 78.3 Å². The average Bonchev–Trinajstić information content (AvgIpc) is 3.33. The van der Waals surface area contributed by atoms with Crippen molar-refractivity contribution in [2.45, 2.75) is 39.2 Å². The van der Waals surface area contributed by atoms with E-state index >= 15 is 0 Å². The minimum Gasteiger partial charge on any atom is -0.497 e. The van der Waals surface area contributed by atoms with Crippen molar-refractivity contribution in [1.82, 2.24) is 19.7 Å². The molecule has 10 heteroatoms. The Kier molecular flexibility index (Phi) is 9.65. The van der Waals surface area contributed by atoms with Gasteiger partial charge in [0.05, 0.1) is 18.5 Å². The highest BCUT2D eigenvalue weighted by atomic mass is 32.1. The monoisotopic (exact) mass is 566 g/mol. The van der Waals surface area contributed by atoms with Gasteiger partial charge in [0.25, 0.3) is 5.91 Å². The summed E-state index contributed by atoms with van der Waals surface area (Å²) < 4.78 is 12.3. The molecule has 0 unspecified atom stereocenters. The number of hydrogen-bond acceptors (Lipinski definition) is 7. The molecule has 40 heavy (non-hydrogen) atoms. The molecule has 0 saturated carbocycles. The van der Waals surface area contributed by atoms with Gasteiger partial charge in [0.2, 0.25) is 0 Å². The third-order valence-corrected chi connectivity index (χ3v) is 7.38. The molecule has 0 radical (unpaired) electrons. The smallest absolute Gasteiger partial charge is 0.410 e. The Hall–Kier alpha value is -3.63. The van der Waals surface area contributed by atoms with Crippen molar-refractivity contribution in [1.29, 1.82) is 0 Å². The molecule has 4 rings (SSSR count). The largest absolute Gasteiger partial charge is 0.497 e. The van der Waals surface area contributed by atoms with Crippen LogP contribution in [0.3, 0.4) is 0 Å². The molecule has 1 saturated heterocycles. The summed E-state index contributed by atoms with van der Waals surface area (Å²) in [6, 6.07) is 14.7. The van der Waals surface area contributed by atoms with Gasteiger partial charge in [-0.1, -0.05) is 23.5 Å². The van der Waals surface area contributed by atoms with Gasteiger partial charge in [-0.05, 0) is 76.6 Å². The van der Waals surface area contributed by atoms with Crippen LogP contribution < -0.4 is 14.9 Å². The molecule has 1 aromatic heterocycles. The van der Waals surface area contributed by atoms with Gasteiger partial charge in [-0.15, -0.1) is 0 Å². The second-order valence-electron chi connectivity index (χ2n) is 10.8. The van der Waals surface area contributed by atoms with E-state index in [-0.39, 0.29) is 16.9 Å². The van der Waals surface area contributed by atoms with E-state index in [9.17, 15) is 14.4 Å². The maximum Gasteiger partial charge on any atom is 0.410 e. The van der Waals surface area contributed by atoms with E-state index in [1.165, 1.54) is 0 Å². The Balaban J connectivity index is 1.25. The fourth-order valence-corrected chi connectivity index (χ4v) is 5.31. The van der Waals surface area contributed by atoms with E-state index < -0.39 is 5.60 Å². The molecule has 0 spiro atoms. The van der Waals surface area contributed by atoms with Gasteiger partial charge in [-0.25, -0.2) is 4.79 Å². The van der Waals surface area contributed by atoms with Crippen LogP contribution in [-0.2, 0) is 4.74 Å². The van der Waals surface area contributed by atoms with Gasteiger partial charge in [0, 0.05) is 49.2 Å². The molecule has 2 aromatic carbocycles. The third kappa shape index (κ3) is 7.73. The third-order valence-electron chi connectivity index (χ3n) is 6.66. The Morgan fingerprint density at radius 2 is 1.73 bits per heavy atom. The normalized spacial score (nSPS) is 14.2. The van der Waals surface area contributed by atoms with Gasteiger partial charge in [-0.3, -0.25) is 19.1 Å². The molecule has 1 N–H and O–H groups in total. The molecule has 1 aliphatic heterocycles. The summed E-state index contributed by atoms with van der Waals surface area (Å²) in [7, 11) is 1.60. The quantitative estimate of drug-likeness (QED) is 0.380. The Morgan fingerprint density at radius 3 is 2.40 bits per heavy atom. The van der Waals surface area contributed by atoms with Crippen LogP contribution >= 0.6 is 11.3 Å². The van der Waals surface area contributed by atoms with Gasteiger partial charge in [-0.2, -0.15) is 0 Å². The number of rotatable bonds is 9. The van der Waals surface area contributed by atoms with Crippen molar-refractivity contribution in [2.24, 2.45) is 0 Å². The first-order valence-electron chi connectivity index (χ1n) is 13.6. The number of methoxy groups -OCH3 is 1. The predicted molar refractivity (Wildman–Crippen MR) is 158 cm³/mol. The van der Waals surface area contributed by atoms with Crippen molar-refractivity contribution in [3.63, 3.8) is 0 Å². The van der Waals surface area contributed by atoms with Crippen LogP contribution in [0.25, 0.3) is 16.9 Å². The number of nitrogens with zero attached hydrogens (tertiary/aromatic N) is 3. The zero-order valence-electron chi connectivity index (χ0n) is 23.6. The molecule has 2 heterocycles. The number of nitrogens with one attached hydrogen (secondary N) is 1. The van der Waals surface area contributed by atoms with Crippen LogP contribution in [0.2, 0.25) is 0 Å². The molecule has 1 aliphatic rings. The molecule has 9 nitrogen and oxygen atoms in total. The number of unbranched alkanes of at least 4 members (excludes halogenated alkanes) is 1. The van der Waals surface area contributed by atoms with Crippen molar-refractivity contribution < 1.29 is 19.1 Å². The molecule has 2 amide bonds. The summed E-state index contributed by atoms with van der Waals surface area (Å²) in [5, 5.41) is 4.83. The highest BCUT2D eigenvalue weighted by molar-refractivity contribution is 7.07. The summed E-state index contributed by atoms with van der Waals surface area (Å²) >= 11 is 1.13. The number of amides is 2. The van der Waals surface area contributed by atoms with Crippen molar-refractivity contribution in [3.05, 3.63) is 69.1 Å². The molecular formula is C30H38N4O5S. The second-order valence-corrected chi connectivity index (χ2v) is 11.6.